The molecule has 2 aromatic carbocycles. The molecule has 5 nitrogen and oxygen atoms in total. The average molecular weight is 364 g/mol. The van der Waals surface area contributed by atoms with E-state index in [4.69, 9.17) is 14.2 Å². The molecule has 0 radical (unpaired) electrons. The Kier molecular flexibility index (Phi) is 6.28. The summed E-state index contributed by atoms with van der Waals surface area (Å²) in [5, 5.41) is 4.26. The van der Waals surface area contributed by atoms with E-state index in [0.29, 0.717) is 6.61 Å². The van der Waals surface area contributed by atoms with Crippen LogP contribution in [0.15, 0.2) is 73.3 Å². The number of hydrogen-bond donors (Lipinski definition) is 0. The maximum Gasteiger partial charge on any atom is 0.121 e. The molecule has 0 saturated carbocycles. The number of aromatic nitrogens is 2. The Balaban J connectivity index is 1.81. The van der Waals surface area contributed by atoms with Gasteiger partial charge in [0.15, 0.2) is 0 Å². The van der Waals surface area contributed by atoms with Gasteiger partial charge in [0.05, 0.1) is 25.2 Å². The van der Waals surface area contributed by atoms with Gasteiger partial charge in [-0.1, -0.05) is 30.3 Å². The Labute approximate surface area is 159 Å². The molecule has 3 rings (SSSR count). The van der Waals surface area contributed by atoms with Crippen LogP contribution in [0.3, 0.4) is 0 Å². The number of nitrogens with zero attached hydrogens (tertiary/aromatic N) is 2. The highest BCUT2D eigenvalue weighted by Gasteiger charge is 2.15. The molecule has 1 atom stereocenters. The van der Waals surface area contributed by atoms with Crippen molar-refractivity contribution in [1.82, 2.24) is 9.78 Å². The standard InChI is InChI=1S/C22H24N2O3/c1-17(26-3)22(16-25-2)21-11-5-4-8-18(21)15-27-20-10-6-9-19(14-20)24-13-7-12-23-24/h4-14,16-17H,15H2,1-3H3/b22-16-. The first kappa shape index (κ1) is 18.7. The van der Waals surface area contributed by atoms with Gasteiger partial charge in [0.2, 0.25) is 0 Å². The van der Waals surface area contributed by atoms with Gasteiger partial charge in [0.25, 0.3) is 0 Å². The average Bonchev–Trinajstić information content (AvgIpc) is 3.25. The number of benzene rings is 2. The largest absolute Gasteiger partial charge is 0.504 e. The topological polar surface area (TPSA) is 45.5 Å². The summed E-state index contributed by atoms with van der Waals surface area (Å²) >= 11 is 0. The van der Waals surface area contributed by atoms with Gasteiger partial charge >= 0.3 is 0 Å². The predicted molar refractivity (Wildman–Crippen MR) is 106 cm³/mol. The second-order valence-electron chi connectivity index (χ2n) is 6.08. The first-order chi connectivity index (χ1) is 13.2. The van der Waals surface area contributed by atoms with Crippen LogP contribution in [0.25, 0.3) is 11.3 Å². The van der Waals surface area contributed by atoms with E-state index in [-0.39, 0.29) is 6.10 Å². The summed E-state index contributed by atoms with van der Waals surface area (Å²) in [4.78, 5) is 0. The maximum atomic E-state index is 6.06. The fourth-order valence-corrected chi connectivity index (χ4v) is 2.86. The van der Waals surface area contributed by atoms with Crippen molar-refractivity contribution in [3.8, 4) is 11.4 Å². The molecule has 0 N–H and O–H groups in total. The van der Waals surface area contributed by atoms with E-state index < -0.39 is 0 Å². The molecule has 0 aliphatic heterocycles. The van der Waals surface area contributed by atoms with Gasteiger partial charge in [-0.15, -0.1) is 0 Å². The summed E-state index contributed by atoms with van der Waals surface area (Å²) in [7, 11) is 3.33. The van der Waals surface area contributed by atoms with Gasteiger partial charge in [-0.25, -0.2) is 4.68 Å². The molecular formula is C22H24N2O3. The molecule has 0 spiro atoms. The summed E-state index contributed by atoms with van der Waals surface area (Å²) in [5.74, 6) is 0.787. The van der Waals surface area contributed by atoms with Crippen molar-refractivity contribution in [2.45, 2.75) is 19.6 Å². The second-order valence-corrected chi connectivity index (χ2v) is 6.08. The molecule has 3 aromatic rings. The Hall–Kier alpha value is -3.05. The normalized spacial score (nSPS) is 12.6. The number of ether oxygens (including phenoxy) is 3. The van der Waals surface area contributed by atoms with Crippen molar-refractivity contribution in [1.29, 1.82) is 0 Å². The summed E-state index contributed by atoms with van der Waals surface area (Å²) in [6.07, 6.45) is 5.30. The molecule has 0 aliphatic carbocycles. The van der Waals surface area contributed by atoms with Crippen molar-refractivity contribution in [2.75, 3.05) is 14.2 Å². The fourth-order valence-electron chi connectivity index (χ4n) is 2.86. The third-order valence-corrected chi connectivity index (χ3v) is 4.35. The molecule has 1 unspecified atom stereocenters. The maximum absolute atomic E-state index is 6.06. The zero-order valence-corrected chi connectivity index (χ0v) is 15.8. The van der Waals surface area contributed by atoms with Gasteiger partial charge < -0.3 is 14.2 Å². The lowest BCUT2D eigenvalue weighted by atomic mass is 9.97. The van der Waals surface area contributed by atoms with Crippen LogP contribution < -0.4 is 4.74 Å². The predicted octanol–water partition coefficient (Wildman–Crippen LogP) is 4.47. The lowest BCUT2D eigenvalue weighted by molar-refractivity contribution is 0.161. The van der Waals surface area contributed by atoms with Crippen LogP contribution >= 0.6 is 0 Å². The van der Waals surface area contributed by atoms with E-state index in [1.807, 2.05) is 55.6 Å². The van der Waals surface area contributed by atoms with E-state index in [9.17, 15) is 0 Å². The van der Waals surface area contributed by atoms with Gasteiger partial charge in [0, 0.05) is 31.1 Å². The molecule has 0 saturated heterocycles. The van der Waals surface area contributed by atoms with E-state index in [0.717, 1.165) is 28.1 Å². The second kappa shape index (κ2) is 9.05. The van der Waals surface area contributed by atoms with Crippen LogP contribution in [0, 0.1) is 0 Å². The molecule has 0 aliphatic rings. The van der Waals surface area contributed by atoms with Gasteiger partial charge in [-0.2, -0.15) is 5.10 Å². The highest BCUT2D eigenvalue weighted by Crippen LogP contribution is 2.26. The first-order valence-corrected chi connectivity index (χ1v) is 8.79. The highest BCUT2D eigenvalue weighted by atomic mass is 16.5. The van der Waals surface area contributed by atoms with Crippen LogP contribution in [-0.4, -0.2) is 30.1 Å². The summed E-state index contributed by atoms with van der Waals surface area (Å²) in [6, 6.07) is 17.9. The quantitative estimate of drug-likeness (QED) is 0.553. The molecule has 1 heterocycles. The van der Waals surface area contributed by atoms with Crippen molar-refractivity contribution in [2.24, 2.45) is 0 Å². The smallest absolute Gasteiger partial charge is 0.121 e. The Morgan fingerprint density at radius 1 is 1.11 bits per heavy atom. The lowest BCUT2D eigenvalue weighted by Gasteiger charge is -2.18. The Morgan fingerprint density at radius 3 is 2.70 bits per heavy atom. The minimum Gasteiger partial charge on any atom is -0.504 e. The monoisotopic (exact) mass is 364 g/mol. The van der Waals surface area contributed by atoms with Crippen LogP contribution in [-0.2, 0) is 16.1 Å². The molecular weight excluding hydrogens is 340 g/mol. The number of rotatable bonds is 8. The van der Waals surface area contributed by atoms with E-state index >= 15 is 0 Å². The summed E-state index contributed by atoms with van der Waals surface area (Å²) in [5.41, 5.74) is 4.05. The SMILES string of the molecule is CO/C=C(\c1ccccc1COc1cccc(-n2cccn2)c1)C(C)OC. The Bertz CT molecular complexity index is 888. The van der Waals surface area contributed by atoms with Gasteiger partial charge in [-0.05, 0) is 36.2 Å². The van der Waals surface area contributed by atoms with Crippen molar-refractivity contribution >= 4 is 5.57 Å². The summed E-state index contributed by atoms with van der Waals surface area (Å²) in [6.45, 7) is 2.44. The van der Waals surface area contributed by atoms with Crippen LogP contribution in [0.2, 0.25) is 0 Å². The lowest BCUT2D eigenvalue weighted by Crippen LogP contribution is -2.11. The molecule has 5 heteroatoms. The third-order valence-electron chi connectivity index (χ3n) is 4.35. The summed E-state index contributed by atoms with van der Waals surface area (Å²) < 4.78 is 18.6. The van der Waals surface area contributed by atoms with Crippen molar-refractivity contribution < 1.29 is 14.2 Å². The van der Waals surface area contributed by atoms with E-state index in [1.54, 1.807) is 31.4 Å². The minimum absolute atomic E-state index is 0.0887. The zero-order chi connectivity index (χ0) is 19.1. The minimum atomic E-state index is -0.0887. The molecule has 1 aromatic heterocycles. The third kappa shape index (κ3) is 4.57. The van der Waals surface area contributed by atoms with E-state index in [2.05, 4.69) is 17.2 Å². The molecule has 27 heavy (non-hydrogen) atoms. The van der Waals surface area contributed by atoms with Crippen LogP contribution in [0.4, 0.5) is 0 Å². The first-order valence-electron chi connectivity index (χ1n) is 8.79. The van der Waals surface area contributed by atoms with Crippen LogP contribution in [0.1, 0.15) is 18.1 Å². The number of hydrogen-bond acceptors (Lipinski definition) is 4. The van der Waals surface area contributed by atoms with Crippen LogP contribution in [0.5, 0.6) is 5.75 Å². The van der Waals surface area contributed by atoms with E-state index in [1.165, 1.54) is 0 Å². The fraction of sp³-hybridized carbons (Fsp3) is 0.227. The number of methoxy groups -OCH3 is 2. The van der Waals surface area contributed by atoms with Crippen molar-refractivity contribution in [3.63, 3.8) is 0 Å². The van der Waals surface area contributed by atoms with Crippen molar-refractivity contribution in [3.05, 3.63) is 84.4 Å². The molecule has 0 bridgehead atoms. The highest BCUT2D eigenvalue weighted by molar-refractivity contribution is 5.70. The Morgan fingerprint density at radius 2 is 1.96 bits per heavy atom. The van der Waals surface area contributed by atoms with Gasteiger partial charge in [-0.3, -0.25) is 0 Å². The zero-order valence-electron chi connectivity index (χ0n) is 15.8. The molecule has 140 valence electrons. The molecule has 0 fully saturated rings. The molecule has 0 amide bonds. The van der Waals surface area contributed by atoms with Gasteiger partial charge in [0.1, 0.15) is 12.4 Å².